The molecule has 30 heavy (non-hydrogen) atoms. The van der Waals surface area contributed by atoms with Crippen molar-refractivity contribution in [1.82, 2.24) is 20.1 Å². The molecule has 158 valence electrons. The third kappa shape index (κ3) is 4.56. The Labute approximate surface area is 175 Å². The zero-order valence-electron chi connectivity index (χ0n) is 17.5. The Morgan fingerprint density at radius 3 is 2.70 bits per heavy atom. The first-order valence-electron chi connectivity index (χ1n) is 9.88. The fraction of sp³-hybridized carbons (Fsp3) is 0.381. The molecule has 9 nitrogen and oxygen atoms in total. The largest absolute Gasteiger partial charge is 0.364 e. The highest BCUT2D eigenvalue weighted by Gasteiger charge is 2.30. The second-order valence-electron chi connectivity index (χ2n) is 7.49. The van der Waals surface area contributed by atoms with Crippen LogP contribution in [0.3, 0.4) is 0 Å². The maximum absolute atomic E-state index is 12.1. The molecule has 9 heteroatoms. The van der Waals surface area contributed by atoms with Crippen LogP contribution < -0.4 is 16.4 Å². The molecule has 1 aromatic carbocycles. The molecule has 2 amide bonds. The molecule has 2 atom stereocenters. The van der Waals surface area contributed by atoms with E-state index in [1.54, 1.807) is 4.90 Å². The van der Waals surface area contributed by atoms with E-state index in [9.17, 15) is 9.59 Å². The number of benzene rings is 1. The number of primary amides is 1. The van der Waals surface area contributed by atoms with E-state index in [0.29, 0.717) is 6.54 Å². The molecule has 0 spiro atoms. The summed E-state index contributed by atoms with van der Waals surface area (Å²) in [5, 5.41) is 14.3. The lowest BCUT2D eigenvalue weighted by atomic mass is 9.97. The minimum Gasteiger partial charge on any atom is -0.364 e. The standard InChI is InChI=1S/C21H27N7O2/c1-5-17(29)28-10-6-7-16(14(28)4)24-21-25-20(18(19(22)30)26-27-21)23-15-9-8-12(2)13(3)11-15/h5,8-9,11,14,16H,1,6-7,10H2,2-4H3,(H2,22,30)(H2,23,24,25,27)/t14-,16-/m1/s1. The molecule has 4 N–H and O–H groups in total. The fourth-order valence-electron chi connectivity index (χ4n) is 3.53. The Kier molecular flexibility index (Phi) is 6.29. The molecular weight excluding hydrogens is 382 g/mol. The Morgan fingerprint density at radius 1 is 1.27 bits per heavy atom. The molecule has 1 fully saturated rings. The topological polar surface area (TPSA) is 126 Å². The molecule has 2 aromatic rings. The predicted octanol–water partition coefficient (Wildman–Crippen LogP) is 2.31. The fourth-order valence-corrected chi connectivity index (χ4v) is 3.53. The second-order valence-corrected chi connectivity index (χ2v) is 7.49. The lowest BCUT2D eigenvalue weighted by Gasteiger charge is -2.39. The number of rotatable bonds is 6. The summed E-state index contributed by atoms with van der Waals surface area (Å²) in [4.78, 5) is 30.1. The van der Waals surface area contributed by atoms with Crippen molar-refractivity contribution in [2.45, 2.75) is 45.7 Å². The lowest BCUT2D eigenvalue weighted by molar-refractivity contribution is -0.129. The number of hydrogen-bond acceptors (Lipinski definition) is 7. The number of carbonyl (C=O) groups excluding carboxylic acids is 2. The van der Waals surface area contributed by atoms with Crippen LogP contribution in [-0.2, 0) is 4.79 Å². The van der Waals surface area contributed by atoms with Crippen LogP contribution in [-0.4, -0.2) is 50.5 Å². The summed E-state index contributed by atoms with van der Waals surface area (Å²) in [6, 6.07) is 5.70. The maximum atomic E-state index is 12.1. The molecule has 0 bridgehead atoms. The van der Waals surface area contributed by atoms with Crippen molar-refractivity contribution in [2.75, 3.05) is 17.2 Å². The molecule has 3 rings (SSSR count). The number of nitrogens with zero attached hydrogens (tertiary/aromatic N) is 4. The SMILES string of the molecule is C=CC(=O)N1CCC[C@@H](Nc2nnc(C(N)=O)c(Nc3ccc(C)c(C)c3)n2)[C@H]1C. The van der Waals surface area contributed by atoms with Crippen molar-refractivity contribution >= 4 is 29.3 Å². The Balaban J connectivity index is 1.84. The van der Waals surface area contributed by atoms with Gasteiger partial charge in [-0.25, -0.2) is 0 Å². The van der Waals surface area contributed by atoms with Gasteiger partial charge in [0, 0.05) is 24.3 Å². The van der Waals surface area contributed by atoms with E-state index >= 15 is 0 Å². The van der Waals surface area contributed by atoms with Gasteiger partial charge in [-0.2, -0.15) is 4.98 Å². The summed E-state index contributed by atoms with van der Waals surface area (Å²) >= 11 is 0. The average Bonchev–Trinajstić information content (AvgIpc) is 2.71. The molecule has 1 aliphatic rings. The Hall–Kier alpha value is -3.49. The first-order valence-corrected chi connectivity index (χ1v) is 9.88. The van der Waals surface area contributed by atoms with E-state index in [1.165, 1.54) is 6.08 Å². The highest BCUT2D eigenvalue weighted by atomic mass is 16.2. The van der Waals surface area contributed by atoms with Gasteiger partial charge in [0.25, 0.3) is 5.91 Å². The zero-order chi connectivity index (χ0) is 21.8. The van der Waals surface area contributed by atoms with Gasteiger partial charge in [-0.3, -0.25) is 9.59 Å². The van der Waals surface area contributed by atoms with Crippen LogP contribution in [0.5, 0.6) is 0 Å². The smallest absolute Gasteiger partial charge is 0.273 e. The van der Waals surface area contributed by atoms with E-state index < -0.39 is 5.91 Å². The summed E-state index contributed by atoms with van der Waals surface area (Å²) in [5.74, 6) is -0.335. The molecule has 0 aliphatic carbocycles. The second kappa shape index (κ2) is 8.89. The highest BCUT2D eigenvalue weighted by Crippen LogP contribution is 2.23. The van der Waals surface area contributed by atoms with Crippen molar-refractivity contribution in [2.24, 2.45) is 5.73 Å². The molecule has 0 saturated carbocycles. The number of nitrogens with two attached hydrogens (primary N) is 1. The van der Waals surface area contributed by atoms with Gasteiger partial charge in [-0.15, -0.1) is 10.2 Å². The molecule has 0 unspecified atom stereocenters. The first-order chi connectivity index (χ1) is 14.3. The number of hydrogen-bond donors (Lipinski definition) is 3. The zero-order valence-corrected chi connectivity index (χ0v) is 17.5. The summed E-state index contributed by atoms with van der Waals surface area (Å²) in [6.45, 7) is 10.2. The predicted molar refractivity (Wildman–Crippen MR) is 116 cm³/mol. The van der Waals surface area contributed by atoms with Crippen LogP contribution in [0.2, 0.25) is 0 Å². The van der Waals surface area contributed by atoms with E-state index in [0.717, 1.165) is 29.7 Å². The van der Waals surface area contributed by atoms with Gasteiger partial charge >= 0.3 is 0 Å². The van der Waals surface area contributed by atoms with Crippen molar-refractivity contribution in [3.05, 3.63) is 47.7 Å². The van der Waals surface area contributed by atoms with Gasteiger partial charge in [0.05, 0.1) is 0 Å². The molecule has 1 aliphatic heterocycles. The van der Waals surface area contributed by atoms with Gasteiger partial charge in [-0.1, -0.05) is 12.6 Å². The van der Waals surface area contributed by atoms with Crippen LogP contribution in [0.4, 0.5) is 17.5 Å². The number of aromatic nitrogens is 3. The van der Waals surface area contributed by atoms with Crippen LogP contribution in [0.15, 0.2) is 30.9 Å². The summed E-state index contributed by atoms with van der Waals surface area (Å²) in [7, 11) is 0. The number of aryl methyl sites for hydroxylation is 2. The van der Waals surface area contributed by atoms with Gasteiger partial charge in [0.2, 0.25) is 11.9 Å². The van der Waals surface area contributed by atoms with Crippen molar-refractivity contribution in [1.29, 1.82) is 0 Å². The van der Waals surface area contributed by atoms with Crippen molar-refractivity contribution < 1.29 is 9.59 Å². The normalized spacial score (nSPS) is 18.6. The van der Waals surface area contributed by atoms with Crippen molar-refractivity contribution in [3.8, 4) is 0 Å². The van der Waals surface area contributed by atoms with Gasteiger partial charge in [-0.05, 0) is 62.9 Å². The van der Waals surface area contributed by atoms with Crippen LogP contribution in [0.25, 0.3) is 0 Å². The van der Waals surface area contributed by atoms with Crippen LogP contribution in [0, 0.1) is 13.8 Å². The number of carbonyl (C=O) groups is 2. The van der Waals surface area contributed by atoms with E-state index in [1.807, 2.05) is 39.0 Å². The van der Waals surface area contributed by atoms with Gasteiger partial charge in [0.15, 0.2) is 11.5 Å². The number of nitrogens with one attached hydrogen (secondary N) is 2. The molecule has 1 saturated heterocycles. The van der Waals surface area contributed by atoms with Crippen LogP contribution >= 0.6 is 0 Å². The molecule has 0 radical (unpaired) electrons. The molecule has 1 aromatic heterocycles. The van der Waals surface area contributed by atoms with Gasteiger partial charge < -0.3 is 21.3 Å². The summed E-state index contributed by atoms with van der Waals surface area (Å²) in [5.41, 5.74) is 8.43. The number of anilines is 3. The highest BCUT2D eigenvalue weighted by molar-refractivity contribution is 5.96. The minimum absolute atomic E-state index is 0.0427. The van der Waals surface area contributed by atoms with Gasteiger partial charge in [0.1, 0.15) is 0 Å². The van der Waals surface area contributed by atoms with Crippen molar-refractivity contribution in [3.63, 3.8) is 0 Å². The van der Waals surface area contributed by atoms with Crippen LogP contribution in [0.1, 0.15) is 41.4 Å². The number of amides is 2. The number of piperidine rings is 1. The van der Waals surface area contributed by atoms with E-state index in [-0.39, 0.29) is 35.5 Å². The Bertz CT molecular complexity index is 976. The average molecular weight is 409 g/mol. The summed E-state index contributed by atoms with van der Waals surface area (Å²) < 4.78 is 0. The minimum atomic E-state index is -0.721. The molecule has 2 heterocycles. The third-order valence-corrected chi connectivity index (χ3v) is 5.45. The van der Waals surface area contributed by atoms with E-state index in [2.05, 4.69) is 32.4 Å². The Morgan fingerprint density at radius 2 is 2.03 bits per heavy atom. The third-order valence-electron chi connectivity index (χ3n) is 5.45. The molecular formula is C21H27N7O2. The first kappa shape index (κ1) is 21.2. The quantitative estimate of drug-likeness (QED) is 0.625. The lowest BCUT2D eigenvalue weighted by Crippen LogP contribution is -2.51. The summed E-state index contributed by atoms with van der Waals surface area (Å²) in [6.07, 6.45) is 3.02. The number of likely N-dealkylation sites (tertiary alicyclic amines) is 1. The van der Waals surface area contributed by atoms with E-state index in [4.69, 9.17) is 5.73 Å². The monoisotopic (exact) mass is 409 g/mol. The maximum Gasteiger partial charge on any atom is 0.273 e.